The van der Waals surface area contributed by atoms with Crippen molar-refractivity contribution in [3.63, 3.8) is 0 Å². The van der Waals surface area contributed by atoms with Gasteiger partial charge in [0.25, 0.3) is 11.8 Å². The number of benzene rings is 2. The standard InChI is InChI=1S/C22H16F4N4O3S/c1-27-17-6-4-12(9-15(17)22(24,25)26)29-19(32)21(7-8-33-11-21)30(20(29)34)13-3-5-14(16(23)10-13)18(31)28-2/h3-6,9-10H,7-8,11H2,2H3,(H,28,31)/t21-/m0/s1. The first-order valence-corrected chi connectivity index (χ1v) is 10.3. The zero-order valence-corrected chi connectivity index (χ0v) is 18.4. The number of rotatable bonds is 3. The van der Waals surface area contributed by atoms with E-state index in [9.17, 15) is 27.2 Å². The molecule has 2 aliphatic heterocycles. The maximum Gasteiger partial charge on any atom is 0.407 e. The molecule has 0 aliphatic carbocycles. The number of anilines is 2. The normalized spacial score (nSPS) is 20.2. The molecule has 0 unspecified atom stereocenters. The van der Waals surface area contributed by atoms with Crippen LogP contribution in [0.5, 0.6) is 0 Å². The molecule has 0 saturated carbocycles. The molecular weight excluding hydrogens is 476 g/mol. The Bertz CT molecular complexity index is 1250. The largest absolute Gasteiger partial charge is 0.407 e. The van der Waals surface area contributed by atoms with Crippen LogP contribution in [0.4, 0.5) is 34.6 Å². The molecule has 2 aliphatic rings. The number of carbonyl (C=O) groups excluding carboxylic acids is 2. The third-order valence-corrected chi connectivity index (χ3v) is 6.12. The molecule has 2 amide bonds. The van der Waals surface area contributed by atoms with Crippen LogP contribution in [-0.4, -0.2) is 42.7 Å². The van der Waals surface area contributed by atoms with Crippen molar-refractivity contribution < 1.29 is 31.9 Å². The molecular formula is C22H16F4N4O3S. The molecule has 0 aromatic heterocycles. The quantitative estimate of drug-likeness (QED) is 0.398. The van der Waals surface area contributed by atoms with Gasteiger partial charge in [0, 0.05) is 31.5 Å². The van der Waals surface area contributed by atoms with Crippen molar-refractivity contribution in [1.82, 2.24) is 5.32 Å². The monoisotopic (exact) mass is 492 g/mol. The van der Waals surface area contributed by atoms with Crippen molar-refractivity contribution in [2.45, 2.75) is 18.1 Å². The van der Waals surface area contributed by atoms with Gasteiger partial charge in [-0.15, -0.1) is 0 Å². The van der Waals surface area contributed by atoms with E-state index in [-0.39, 0.29) is 41.7 Å². The molecule has 176 valence electrons. The minimum atomic E-state index is -4.83. The highest BCUT2D eigenvalue weighted by Gasteiger charge is 2.58. The van der Waals surface area contributed by atoms with Crippen LogP contribution >= 0.6 is 12.2 Å². The average molecular weight is 492 g/mol. The molecule has 34 heavy (non-hydrogen) atoms. The fraction of sp³-hybridized carbons (Fsp3) is 0.273. The summed E-state index contributed by atoms with van der Waals surface area (Å²) in [4.78, 5) is 30.6. The summed E-state index contributed by atoms with van der Waals surface area (Å²) < 4.78 is 60.7. The maximum absolute atomic E-state index is 14.7. The van der Waals surface area contributed by atoms with Crippen molar-refractivity contribution in [3.8, 4) is 0 Å². The average Bonchev–Trinajstić information content (AvgIpc) is 3.36. The van der Waals surface area contributed by atoms with Gasteiger partial charge in [-0.3, -0.25) is 14.5 Å². The Morgan fingerprint density at radius 1 is 1.24 bits per heavy atom. The van der Waals surface area contributed by atoms with E-state index >= 15 is 0 Å². The fourth-order valence-electron chi connectivity index (χ4n) is 4.11. The Morgan fingerprint density at radius 2 is 1.94 bits per heavy atom. The van der Waals surface area contributed by atoms with Gasteiger partial charge in [0.15, 0.2) is 16.3 Å². The number of nitrogens with zero attached hydrogens (tertiary/aromatic N) is 3. The summed E-state index contributed by atoms with van der Waals surface area (Å²) in [5.74, 6) is -2.14. The van der Waals surface area contributed by atoms with Crippen LogP contribution in [0, 0.1) is 12.4 Å². The zero-order valence-electron chi connectivity index (χ0n) is 17.6. The summed E-state index contributed by atoms with van der Waals surface area (Å²) in [7, 11) is 1.35. The van der Waals surface area contributed by atoms with Gasteiger partial charge < -0.3 is 15.0 Å². The minimum Gasteiger partial charge on any atom is -0.378 e. The first kappa shape index (κ1) is 23.6. The second kappa shape index (κ2) is 8.34. The van der Waals surface area contributed by atoms with Crippen molar-refractivity contribution in [3.05, 3.63) is 64.8 Å². The van der Waals surface area contributed by atoms with Crippen LogP contribution in [0.2, 0.25) is 0 Å². The summed E-state index contributed by atoms with van der Waals surface area (Å²) in [5, 5.41) is 2.14. The van der Waals surface area contributed by atoms with E-state index in [0.29, 0.717) is 6.07 Å². The van der Waals surface area contributed by atoms with Crippen LogP contribution < -0.4 is 15.1 Å². The summed E-state index contributed by atoms with van der Waals surface area (Å²) in [6.07, 6.45) is -4.67. The number of alkyl halides is 3. The molecule has 1 N–H and O–H groups in total. The second-order valence-electron chi connectivity index (χ2n) is 7.65. The Kier molecular flexibility index (Phi) is 5.79. The first-order chi connectivity index (χ1) is 16.0. The Labute approximate surface area is 196 Å². The molecule has 4 rings (SSSR count). The molecule has 2 fully saturated rings. The van der Waals surface area contributed by atoms with Gasteiger partial charge in [-0.25, -0.2) is 9.24 Å². The SMILES string of the molecule is [C-]#[N+]c1ccc(N2C(=O)[C@@]3(CCOC3)N(c3ccc(C(=O)NC)c(F)c3)C2=S)cc1C(F)(F)F. The summed E-state index contributed by atoms with van der Waals surface area (Å²) in [5.41, 5.74) is -3.46. The molecule has 2 saturated heterocycles. The molecule has 0 radical (unpaired) electrons. The number of hydrogen-bond donors (Lipinski definition) is 1. The Balaban J connectivity index is 1.83. The summed E-state index contributed by atoms with van der Waals surface area (Å²) >= 11 is 5.49. The van der Waals surface area contributed by atoms with Crippen molar-refractivity contribution >= 4 is 46.2 Å². The second-order valence-corrected chi connectivity index (χ2v) is 8.01. The zero-order chi connectivity index (χ0) is 24.8. The molecule has 2 aromatic carbocycles. The predicted octanol–water partition coefficient (Wildman–Crippen LogP) is 4.05. The van der Waals surface area contributed by atoms with E-state index in [1.165, 1.54) is 30.1 Å². The number of amides is 2. The smallest absolute Gasteiger partial charge is 0.378 e. The lowest BCUT2D eigenvalue weighted by atomic mass is 9.95. The predicted molar refractivity (Wildman–Crippen MR) is 118 cm³/mol. The summed E-state index contributed by atoms with van der Waals surface area (Å²) in [6.45, 7) is 7.08. The van der Waals surface area contributed by atoms with Gasteiger partial charge in [-0.1, -0.05) is 6.07 Å². The van der Waals surface area contributed by atoms with Gasteiger partial charge in [0.2, 0.25) is 0 Å². The molecule has 0 bridgehead atoms. The molecule has 1 spiro atoms. The van der Waals surface area contributed by atoms with Gasteiger partial charge in [-0.2, -0.15) is 13.2 Å². The lowest BCUT2D eigenvalue weighted by Crippen LogP contribution is -2.50. The van der Waals surface area contributed by atoms with Gasteiger partial charge in [0.1, 0.15) is 5.82 Å². The van der Waals surface area contributed by atoms with E-state index in [1.807, 2.05) is 0 Å². The number of ether oxygens (including phenoxy) is 1. The van der Waals surface area contributed by atoms with E-state index in [0.717, 1.165) is 17.0 Å². The molecule has 1 atom stereocenters. The summed E-state index contributed by atoms with van der Waals surface area (Å²) in [6, 6.07) is 6.54. The number of carbonyl (C=O) groups is 2. The van der Waals surface area contributed by atoms with Crippen LogP contribution in [0.15, 0.2) is 36.4 Å². The van der Waals surface area contributed by atoms with E-state index in [4.69, 9.17) is 23.5 Å². The van der Waals surface area contributed by atoms with Crippen molar-refractivity contribution in [2.75, 3.05) is 30.1 Å². The Morgan fingerprint density at radius 3 is 2.50 bits per heavy atom. The van der Waals surface area contributed by atoms with E-state index in [2.05, 4.69) is 10.2 Å². The molecule has 7 nitrogen and oxygen atoms in total. The molecule has 12 heteroatoms. The lowest BCUT2D eigenvalue weighted by Gasteiger charge is -2.31. The Hall–Kier alpha value is -3.56. The van der Waals surface area contributed by atoms with E-state index < -0.39 is 40.6 Å². The first-order valence-electron chi connectivity index (χ1n) is 9.92. The highest BCUT2D eigenvalue weighted by atomic mass is 32.1. The van der Waals surface area contributed by atoms with Crippen molar-refractivity contribution in [2.24, 2.45) is 0 Å². The fourth-order valence-corrected chi connectivity index (χ4v) is 4.58. The third-order valence-electron chi connectivity index (χ3n) is 5.76. The number of nitrogens with one attached hydrogen (secondary N) is 1. The minimum absolute atomic E-state index is 0.118. The third kappa shape index (κ3) is 3.57. The van der Waals surface area contributed by atoms with Gasteiger partial charge >= 0.3 is 6.18 Å². The van der Waals surface area contributed by atoms with E-state index in [1.54, 1.807) is 0 Å². The van der Waals surface area contributed by atoms with Crippen LogP contribution in [0.3, 0.4) is 0 Å². The number of halogens is 4. The lowest BCUT2D eigenvalue weighted by molar-refractivity contribution is -0.136. The number of thiocarbonyl (C=S) groups is 1. The number of hydrogen-bond acceptors (Lipinski definition) is 4. The van der Waals surface area contributed by atoms with Crippen molar-refractivity contribution in [1.29, 1.82) is 0 Å². The van der Waals surface area contributed by atoms with Crippen LogP contribution in [-0.2, 0) is 15.7 Å². The topological polar surface area (TPSA) is 66.2 Å². The van der Waals surface area contributed by atoms with Crippen LogP contribution in [0.1, 0.15) is 22.3 Å². The molecule has 2 aromatic rings. The molecule has 2 heterocycles. The highest BCUT2D eigenvalue weighted by molar-refractivity contribution is 7.81. The van der Waals surface area contributed by atoms with Gasteiger partial charge in [0.05, 0.1) is 24.3 Å². The van der Waals surface area contributed by atoms with Crippen LogP contribution in [0.25, 0.3) is 4.85 Å². The van der Waals surface area contributed by atoms with Gasteiger partial charge in [-0.05, 0) is 42.5 Å². The highest BCUT2D eigenvalue weighted by Crippen LogP contribution is 2.44. The maximum atomic E-state index is 14.7.